The second kappa shape index (κ2) is 6.28. The van der Waals surface area contributed by atoms with E-state index in [1.807, 2.05) is 5.38 Å². The summed E-state index contributed by atoms with van der Waals surface area (Å²) in [5.41, 5.74) is 1.44. The SMILES string of the molecule is CC(C)(C)C1CCc2c(C(=O)Nc3c(F)cccc3F)csc2C1. The molecule has 1 unspecified atom stereocenters. The van der Waals surface area contributed by atoms with Gasteiger partial charge in [0.05, 0.1) is 5.56 Å². The van der Waals surface area contributed by atoms with E-state index in [-0.39, 0.29) is 11.1 Å². The van der Waals surface area contributed by atoms with E-state index in [2.05, 4.69) is 26.1 Å². The topological polar surface area (TPSA) is 29.1 Å². The Morgan fingerprint density at radius 2 is 1.92 bits per heavy atom. The molecule has 1 aliphatic carbocycles. The number of nitrogens with one attached hydrogen (secondary N) is 1. The van der Waals surface area contributed by atoms with Crippen molar-refractivity contribution < 1.29 is 13.6 Å². The Balaban J connectivity index is 1.83. The van der Waals surface area contributed by atoms with E-state index in [1.165, 1.54) is 10.9 Å². The van der Waals surface area contributed by atoms with Gasteiger partial charge in [-0.2, -0.15) is 0 Å². The maximum atomic E-state index is 13.7. The summed E-state index contributed by atoms with van der Waals surface area (Å²) in [6.45, 7) is 6.72. The van der Waals surface area contributed by atoms with Crippen LogP contribution in [0.25, 0.3) is 0 Å². The van der Waals surface area contributed by atoms with Gasteiger partial charge >= 0.3 is 0 Å². The molecule has 3 rings (SSSR count). The van der Waals surface area contributed by atoms with Gasteiger partial charge in [-0.05, 0) is 48.3 Å². The molecule has 0 aliphatic heterocycles. The van der Waals surface area contributed by atoms with Crippen molar-refractivity contribution in [2.75, 3.05) is 5.32 Å². The summed E-state index contributed by atoms with van der Waals surface area (Å²) >= 11 is 1.57. The highest BCUT2D eigenvalue weighted by Crippen LogP contribution is 2.40. The van der Waals surface area contributed by atoms with Crippen LogP contribution in [0.4, 0.5) is 14.5 Å². The van der Waals surface area contributed by atoms with Gasteiger partial charge in [0.15, 0.2) is 0 Å². The number of fused-ring (bicyclic) bond motifs is 1. The molecule has 24 heavy (non-hydrogen) atoms. The standard InChI is InChI=1S/C19H21F2NOS/c1-19(2,3)11-7-8-12-13(10-24-16(12)9-11)18(23)22-17-14(20)5-4-6-15(17)21/h4-6,10-11H,7-9H2,1-3H3,(H,22,23). The molecule has 2 aromatic rings. The average Bonchev–Trinajstić information content (AvgIpc) is 2.93. The number of hydrogen-bond donors (Lipinski definition) is 1. The molecular formula is C19H21F2NOS. The summed E-state index contributed by atoms with van der Waals surface area (Å²) in [5, 5.41) is 4.20. The number of thiophene rings is 1. The van der Waals surface area contributed by atoms with Gasteiger partial charge in [-0.1, -0.05) is 26.8 Å². The van der Waals surface area contributed by atoms with Crippen molar-refractivity contribution in [2.24, 2.45) is 11.3 Å². The van der Waals surface area contributed by atoms with Crippen LogP contribution in [0.2, 0.25) is 0 Å². The number of anilines is 1. The van der Waals surface area contributed by atoms with Gasteiger partial charge in [0.2, 0.25) is 0 Å². The van der Waals surface area contributed by atoms with Crippen molar-refractivity contribution in [3.8, 4) is 0 Å². The summed E-state index contributed by atoms with van der Waals surface area (Å²) in [7, 11) is 0. The lowest BCUT2D eigenvalue weighted by Gasteiger charge is -2.34. The van der Waals surface area contributed by atoms with Gasteiger partial charge in [-0.25, -0.2) is 8.78 Å². The maximum Gasteiger partial charge on any atom is 0.256 e. The van der Waals surface area contributed by atoms with Gasteiger partial charge in [0.1, 0.15) is 17.3 Å². The predicted octanol–water partition coefficient (Wildman–Crippen LogP) is 5.43. The monoisotopic (exact) mass is 349 g/mol. The Kier molecular flexibility index (Phi) is 4.47. The molecule has 1 aromatic carbocycles. The molecule has 0 saturated carbocycles. The number of benzene rings is 1. The third-order valence-electron chi connectivity index (χ3n) is 4.83. The fraction of sp³-hybridized carbons (Fsp3) is 0.421. The summed E-state index contributed by atoms with van der Waals surface area (Å²) in [6, 6.07) is 3.55. The normalized spacial score (nSPS) is 17.5. The molecule has 2 nitrogen and oxygen atoms in total. The molecule has 1 aliphatic rings. The van der Waals surface area contributed by atoms with E-state index in [1.54, 1.807) is 11.3 Å². The van der Waals surface area contributed by atoms with Crippen LogP contribution in [0, 0.1) is 23.0 Å². The molecule has 0 saturated heterocycles. The highest BCUT2D eigenvalue weighted by atomic mass is 32.1. The van der Waals surface area contributed by atoms with Crippen LogP contribution in [0.3, 0.4) is 0 Å². The molecule has 1 N–H and O–H groups in total. The zero-order valence-corrected chi connectivity index (χ0v) is 14.9. The average molecular weight is 349 g/mol. The number of para-hydroxylation sites is 1. The third-order valence-corrected chi connectivity index (χ3v) is 5.88. The number of rotatable bonds is 2. The van der Waals surface area contributed by atoms with Crippen LogP contribution < -0.4 is 5.32 Å². The number of carbonyl (C=O) groups is 1. The minimum absolute atomic E-state index is 0.237. The summed E-state index contributed by atoms with van der Waals surface area (Å²) in [6.07, 6.45) is 2.83. The molecule has 0 spiro atoms. The first-order valence-corrected chi connectivity index (χ1v) is 9.00. The van der Waals surface area contributed by atoms with Crippen LogP contribution >= 0.6 is 11.3 Å². The predicted molar refractivity (Wildman–Crippen MR) is 93.6 cm³/mol. The second-order valence-electron chi connectivity index (χ2n) is 7.41. The Bertz CT molecular complexity index is 756. The van der Waals surface area contributed by atoms with E-state index in [0.29, 0.717) is 11.5 Å². The molecular weight excluding hydrogens is 328 g/mol. The zero-order valence-electron chi connectivity index (χ0n) is 14.1. The lowest BCUT2D eigenvalue weighted by Crippen LogP contribution is -2.27. The smallest absolute Gasteiger partial charge is 0.256 e. The lowest BCUT2D eigenvalue weighted by molar-refractivity contribution is 0.102. The molecule has 0 radical (unpaired) electrons. The number of amides is 1. The van der Waals surface area contributed by atoms with Crippen LogP contribution in [-0.2, 0) is 12.8 Å². The van der Waals surface area contributed by atoms with Crippen molar-refractivity contribution >= 4 is 22.9 Å². The summed E-state index contributed by atoms with van der Waals surface area (Å²) < 4.78 is 27.4. The molecule has 5 heteroatoms. The zero-order chi connectivity index (χ0) is 17.5. The number of carbonyl (C=O) groups excluding carboxylic acids is 1. The summed E-state index contributed by atoms with van der Waals surface area (Å²) in [5.74, 6) is -1.38. The second-order valence-corrected chi connectivity index (χ2v) is 8.37. The molecule has 1 atom stereocenters. The lowest BCUT2D eigenvalue weighted by atomic mass is 9.72. The largest absolute Gasteiger partial charge is 0.317 e. The summed E-state index contributed by atoms with van der Waals surface area (Å²) in [4.78, 5) is 13.7. The van der Waals surface area contributed by atoms with Crippen molar-refractivity contribution in [3.05, 3.63) is 51.2 Å². The highest BCUT2D eigenvalue weighted by Gasteiger charge is 2.31. The van der Waals surface area contributed by atoms with Crippen LogP contribution in [0.15, 0.2) is 23.6 Å². The minimum Gasteiger partial charge on any atom is -0.317 e. The molecule has 1 aromatic heterocycles. The first-order valence-electron chi connectivity index (χ1n) is 8.12. The van der Waals surface area contributed by atoms with Gasteiger partial charge in [-0.3, -0.25) is 4.79 Å². The van der Waals surface area contributed by atoms with Crippen LogP contribution in [-0.4, -0.2) is 5.91 Å². The molecule has 1 amide bonds. The first-order chi connectivity index (χ1) is 11.3. The van der Waals surface area contributed by atoms with Crippen molar-refractivity contribution in [1.82, 2.24) is 0 Å². The van der Waals surface area contributed by atoms with Crippen molar-refractivity contribution in [3.63, 3.8) is 0 Å². The Labute approximate surface area is 144 Å². The Morgan fingerprint density at radius 1 is 1.25 bits per heavy atom. The van der Waals surface area contributed by atoms with Gasteiger partial charge < -0.3 is 5.32 Å². The van der Waals surface area contributed by atoms with Crippen LogP contribution in [0.5, 0.6) is 0 Å². The maximum absolute atomic E-state index is 13.7. The van der Waals surface area contributed by atoms with Crippen LogP contribution in [0.1, 0.15) is 48.0 Å². The molecule has 1 heterocycles. The quantitative estimate of drug-likeness (QED) is 0.769. The number of halogens is 2. The fourth-order valence-corrected chi connectivity index (χ4v) is 4.40. The highest BCUT2D eigenvalue weighted by molar-refractivity contribution is 7.10. The minimum atomic E-state index is -0.764. The van der Waals surface area contributed by atoms with Crippen molar-refractivity contribution in [1.29, 1.82) is 0 Å². The Hall–Kier alpha value is -1.75. The number of hydrogen-bond acceptors (Lipinski definition) is 2. The third kappa shape index (κ3) is 3.22. The first kappa shape index (κ1) is 17.1. The van der Waals surface area contributed by atoms with Gasteiger partial charge in [0.25, 0.3) is 5.91 Å². The molecule has 0 bridgehead atoms. The van der Waals surface area contributed by atoms with E-state index >= 15 is 0 Å². The van der Waals surface area contributed by atoms with E-state index < -0.39 is 17.5 Å². The van der Waals surface area contributed by atoms with E-state index in [4.69, 9.17) is 0 Å². The van der Waals surface area contributed by atoms with E-state index in [0.717, 1.165) is 37.0 Å². The van der Waals surface area contributed by atoms with Crippen molar-refractivity contribution in [2.45, 2.75) is 40.0 Å². The molecule has 0 fully saturated rings. The van der Waals surface area contributed by atoms with E-state index in [9.17, 15) is 13.6 Å². The molecule has 128 valence electrons. The van der Waals surface area contributed by atoms with Gasteiger partial charge in [-0.15, -0.1) is 11.3 Å². The Morgan fingerprint density at radius 3 is 2.54 bits per heavy atom. The van der Waals surface area contributed by atoms with Gasteiger partial charge in [0, 0.05) is 10.3 Å². The fourth-order valence-electron chi connectivity index (χ4n) is 3.24.